The van der Waals surface area contributed by atoms with Crippen molar-refractivity contribution in [1.29, 1.82) is 0 Å². The molecule has 0 aliphatic carbocycles. The summed E-state index contributed by atoms with van der Waals surface area (Å²) < 4.78 is 5.43. The van der Waals surface area contributed by atoms with Crippen LogP contribution in [-0.4, -0.2) is 26.8 Å². The summed E-state index contributed by atoms with van der Waals surface area (Å²) in [4.78, 5) is 0. The third-order valence-electron chi connectivity index (χ3n) is 4.33. The molecule has 2 nitrogen and oxygen atoms in total. The van der Waals surface area contributed by atoms with Gasteiger partial charge in [0.1, 0.15) is 0 Å². The van der Waals surface area contributed by atoms with E-state index in [2.05, 4.69) is 63.3 Å². The molecule has 1 aromatic carbocycles. The first-order valence-electron chi connectivity index (χ1n) is 7.82. The van der Waals surface area contributed by atoms with E-state index in [4.69, 9.17) is 4.74 Å². The fraction of sp³-hybridized carbons (Fsp3) is 0.667. The molecule has 0 radical (unpaired) electrons. The number of nitrogens with one attached hydrogen (secondary N) is 1. The predicted octanol–water partition coefficient (Wildman–Crippen LogP) is 3.86. The lowest BCUT2D eigenvalue weighted by molar-refractivity contribution is 0.108. The van der Waals surface area contributed by atoms with Gasteiger partial charge in [0.2, 0.25) is 0 Å². The van der Waals surface area contributed by atoms with Gasteiger partial charge in [-0.25, -0.2) is 0 Å². The van der Waals surface area contributed by atoms with Crippen molar-refractivity contribution in [2.45, 2.75) is 39.5 Å². The van der Waals surface area contributed by atoms with Crippen LogP contribution in [0.5, 0.6) is 0 Å². The highest BCUT2D eigenvalue weighted by Crippen LogP contribution is 2.35. The quantitative estimate of drug-likeness (QED) is 0.740. The maximum absolute atomic E-state index is 5.43. The number of methoxy groups -OCH3 is 1. The molecule has 0 fully saturated rings. The Balaban J connectivity index is 2.96. The van der Waals surface area contributed by atoms with E-state index in [1.807, 2.05) is 0 Å². The lowest BCUT2D eigenvalue weighted by atomic mass is 9.69. The smallest absolute Gasteiger partial charge is 0.0496 e. The van der Waals surface area contributed by atoms with E-state index >= 15 is 0 Å². The third kappa shape index (κ3) is 4.32. The molecular formula is C18H31NO. The Labute approximate surface area is 124 Å². The van der Waals surface area contributed by atoms with Crippen LogP contribution < -0.4 is 5.32 Å². The number of rotatable bonds is 9. The second kappa shape index (κ2) is 8.43. The molecule has 1 aromatic rings. The highest BCUT2D eigenvalue weighted by molar-refractivity contribution is 5.27. The Hall–Kier alpha value is -0.860. The van der Waals surface area contributed by atoms with Crippen molar-refractivity contribution in [2.75, 3.05) is 26.8 Å². The molecule has 2 unspecified atom stereocenters. The van der Waals surface area contributed by atoms with E-state index < -0.39 is 0 Å². The Morgan fingerprint density at radius 1 is 1.15 bits per heavy atom. The van der Waals surface area contributed by atoms with Gasteiger partial charge in [-0.15, -0.1) is 0 Å². The van der Waals surface area contributed by atoms with Gasteiger partial charge >= 0.3 is 0 Å². The first-order chi connectivity index (χ1) is 9.56. The topological polar surface area (TPSA) is 21.3 Å². The summed E-state index contributed by atoms with van der Waals surface area (Å²) in [7, 11) is 1.80. The van der Waals surface area contributed by atoms with Gasteiger partial charge in [-0.2, -0.15) is 0 Å². The summed E-state index contributed by atoms with van der Waals surface area (Å²) in [6.45, 7) is 12.0. The Kier molecular flexibility index (Phi) is 7.25. The maximum Gasteiger partial charge on any atom is 0.0496 e. The zero-order valence-electron chi connectivity index (χ0n) is 13.8. The first-order valence-corrected chi connectivity index (χ1v) is 7.82. The molecule has 0 aromatic heterocycles. The lowest BCUT2D eigenvalue weighted by Crippen LogP contribution is -2.45. The van der Waals surface area contributed by atoms with E-state index in [-0.39, 0.29) is 5.41 Å². The van der Waals surface area contributed by atoms with Crippen molar-refractivity contribution in [3.05, 3.63) is 35.9 Å². The van der Waals surface area contributed by atoms with Crippen molar-refractivity contribution in [3.8, 4) is 0 Å². The van der Waals surface area contributed by atoms with E-state index in [0.29, 0.717) is 11.8 Å². The Bertz CT molecular complexity index is 363. The normalized spacial score (nSPS) is 16.1. The van der Waals surface area contributed by atoms with Gasteiger partial charge in [-0.1, -0.05) is 58.0 Å². The van der Waals surface area contributed by atoms with Gasteiger partial charge in [0.25, 0.3) is 0 Å². The van der Waals surface area contributed by atoms with Crippen LogP contribution in [0, 0.1) is 11.8 Å². The average Bonchev–Trinajstić information content (AvgIpc) is 2.44. The van der Waals surface area contributed by atoms with Crippen LogP contribution in [0.3, 0.4) is 0 Å². The van der Waals surface area contributed by atoms with E-state index in [1.165, 1.54) is 5.56 Å². The molecule has 0 bridgehead atoms. The van der Waals surface area contributed by atoms with E-state index in [0.717, 1.165) is 26.1 Å². The minimum atomic E-state index is 0.145. The van der Waals surface area contributed by atoms with Gasteiger partial charge in [-0.05, 0) is 30.4 Å². The summed E-state index contributed by atoms with van der Waals surface area (Å²) in [5.74, 6) is 1.16. The lowest BCUT2D eigenvalue weighted by Gasteiger charge is -2.39. The molecule has 0 aliphatic rings. The van der Waals surface area contributed by atoms with Gasteiger partial charge in [0.05, 0.1) is 0 Å². The largest absolute Gasteiger partial charge is 0.384 e. The number of hydrogen-bond acceptors (Lipinski definition) is 2. The second-order valence-corrected chi connectivity index (χ2v) is 6.26. The first kappa shape index (κ1) is 17.2. The van der Waals surface area contributed by atoms with Crippen molar-refractivity contribution < 1.29 is 4.74 Å². The van der Waals surface area contributed by atoms with Crippen molar-refractivity contribution in [2.24, 2.45) is 11.8 Å². The minimum absolute atomic E-state index is 0.145. The fourth-order valence-corrected chi connectivity index (χ4v) is 3.00. The molecule has 0 heterocycles. The van der Waals surface area contributed by atoms with Gasteiger partial charge in [-0.3, -0.25) is 0 Å². The summed E-state index contributed by atoms with van der Waals surface area (Å²) >= 11 is 0. The van der Waals surface area contributed by atoms with Gasteiger partial charge in [0.15, 0.2) is 0 Å². The summed E-state index contributed by atoms with van der Waals surface area (Å²) in [6.07, 6.45) is 1.12. The summed E-state index contributed by atoms with van der Waals surface area (Å²) in [5.41, 5.74) is 1.56. The zero-order valence-corrected chi connectivity index (χ0v) is 13.8. The van der Waals surface area contributed by atoms with Crippen LogP contribution in [0.15, 0.2) is 30.3 Å². The van der Waals surface area contributed by atoms with Crippen LogP contribution in [0.2, 0.25) is 0 Å². The van der Waals surface area contributed by atoms with Gasteiger partial charge < -0.3 is 10.1 Å². The minimum Gasteiger partial charge on any atom is -0.384 e. The molecule has 0 spiro atoms. The highest BCUT2D eigenvalue weighted by atomic mass is 16.5. The second-order valence-electron chi connectivity index (χ2n) is 6.26. The predicted molar refractivity (Wildman–Crippen MR) is 87.2 cm³/mol. The van der Waals surface area contributed by atoms with Crippen molar-refractivity contribution >= 4 is 0 Å². The highest BCUT2D eigenvalue weighted by Gasteiger charge is 2.35. The SMILES string of the molecule is CCC(CNCC(C)C)(c1ccccc1)C(C)COC. The van der Waals surface area contributed by atoms with Crippen LogP contribution >= 0.6 is 0 Å². The van der Waals surface area contributed by atoms with Crippen molar-refractivity contribution in [1.82, 2.24) is 5.32 Å². The van der Waals surface area contributed by atoms with E-state index in [1.54, 1.807) is 7.11 Å². The Morgan fingerprint density at radius 2 is 1.80 bits per heavy atom. The number of hydrogen-bond donors (Lipinski definition) is 1. The summed E-state index contributed by atoms with van der Waals surface area (Å²) in [5, 5.41) is 3.66. The van der Waals surface area contributed by atoms with Crippen LogP contribution in [-0.2, 0) is 10.2 Å². The van der Waals surface area contributed by atoms with E-state index in [9.17, 15) is 0 Å². The fourth-order valence-electron chi connectivity index (χ4n) is 3.00. The van der Waals surface area contributed by atoms with Crippen LogP contribution in [0.4, 0.5) is 0 Å². The molecule has 1 rings (SSSR count). The monoisotopic (exact) mass is 277 g/mol. The van der Waals surface area contributed by atoms with Gasteiger partial charge in [0, 0.05) is 25.7 Å². The molecule has 2 heteroatoms. The molecule has 0 amide bonds. The average molecular weight is 277 g/mol. The molecule has 114 valence electrons. The molecule has 20 heavy (non-hydrogen) atoms. The zero-order chi connectivity index (χ0) is 15.0. The standard InChI is InChI=1S/C18H31NO/c1-6-18(16(4)13-20-5,14-19-12-15(2)3)17-10-8-7-9-11-17/h7-11,15-16,19H,6,12-14H2,1-5H3. The molecule has 0 saturated carbocycles. The number of benzene rings is 1. The molecule has 1 N–H and O–H groups in total. The van der Waals surface area contributed by atoms with Crippen LogP contribution in [0.25, 0.3) is 0 Å². The maximum atomic E-state index is 5.43. The molecule has 2 atom stereocenters. The molecule has 0 aliphatic heterocycles. The summed E-state index contributed by atoms with van der Waals surface area (Å²) in [6, 6.07) is 10.9. The van der Waals surface area contributed by atoms with Crippen molar-refractivity contribution in [3.63, 3.8) is 0 Å². The Morgan fingerprint density at radius 3 is 2.30 bits per heavy atom. The molecule has 0 saturated heterocycles. The number of ether oxygens (including phenoxy) is 1. The third-order valence-corrected chi connectivity index (χ3v) is 4.33. The molecular weight excluding hydrogens is 246 g/mol. The van der Waals surface area contributed by atoms with Crippen LogP contribution in [0.1, 0.15) is 39.7 Å².